The number of hydrogen-bond acceptors (Lipinski definition) is 4. The van der Waals surface area contributed by atoms with Gasteiger partial charge >= 0.3 is 0 Å². The summed E-state index contributed by atoms with van der Waals surface area (Å²) >= 11 is 0. The number of nitrogens with zero attached hydrogens (tertiary/aromatic N) is 2. The molecule has 6 nitrogen and oxygen atoms in total. The van der Waals surface area contributed by atoms with Gasteiger partial charge in [-0.2, -0.15) is 0 Å². The molecule has 6 heteroatoms. The van der Waals surface area contributed by atoms with Crippen molar-refractivity contribution in [3.63, 3.8) is 0 Å². The number of fused-ring (bicyclic) bond motifs is 4. The van der Waals surface area contributed by atoms with Crippen molar-refractivity contribution in [2.24, 2.45) is 0 Å². The number of hydrogen-bond donors (Lipinski definition) is 4. The SMILES string of the molecule is C(#Cc1ccc2nc([C@@H]3CCCN3)[nH]c2c1)c1ccc2c(ccc3nc([C@@H]4CCCN4)[nH]c32)c1. The number of aromatic nitrogens is 4. The molecule has 168 valence electrons. The van der Waals surface area contributed by atoms with E-state index in [2.05, 4.69) is 81.0 Å². The Kier molecular flexibility index (Phi) is 4.64. The second-order valence-electron chi connectivity index (χ2n) is 9.42. The Hall–Kier alpha value is -3.66. The molecule has 2 saturated heterocycles. The molecular weight excluding hydrogens is 420 g/mol. The highest BCUT2D eigenvalue weighted by Gasteiger charge is 2.20. The molecule has 4 N–H and O–H groups in total. The van der Waals surface area contributed by atoms with Crippen LogP contribution >= 0.6 is 0 Å². The molecule has 0 amide bonds. The van der Waals surface area contributed by atoms with Gasteiger partial charge in [0.1, 0.15) is 11.6 Å². The third kappa shape index (κ3) is 3.45. The molecule has 34 heavy (non-hydrogen) atoms. The van der Waals surface area contributed by atoms with Gasteiger partial charge in [0.25, 0.3) is 0 Å². The fourth-order valence-corrected chi connectivity index (χ4v) is 5.32. The van der Waals surface area contributed by atoms with Crippen LogP contribution in [0.3, 0.4) is 0 Å². The van der Waals surface area contributed by atoms with Crippen molar-refractivity contribution in [3.8, 4) is 11.8 Å². The maximum atomic E-state index is 4.84. The Balaban J connectivity index is 1.19. The lowest BCUT2D eigenvalue weighted by Crippen LogP contribution is -2.13. The Morgan fingerprint density at radius 2 is 1.38 bits per heavy atom. The van der Waals surface area contributed by atoms with E-state index in [1.54, 1.807) is 0 Å². The first-order valence-corrected chi connectivity index (χ1v) is 12.2. The molecule has 0 saturated carbocycles. The van der Waals surface area contributed by atoms with Crippen LogP contribution in [0.2, 0.25) is 0 Å². The van der Waals surface area contributed by atoms with E-state index in [0.29, 0.717) is 12.1 Å². The molecule has 0 unspecified atom stereocenters. The van der Waals surface area contributed by atoms with Gasteiger partial charge in [-0.1, -0.05) is 24.0 Å². The van der Waals surface area contributed by atoms with Gasteiger partial charge in [0.15, 0.2) is 0 Å². The number of benzene rings is 3. The first-order chi connectivity index (χ1) is 16.8. The molecule has 4 heterocycles. The van der Waals surface area contributed by atoms with Gasteiger partial charge in [0, 0.05) is 16.5 Å². The molecule has 5 aromatic rings. The van der Waals surface area contributed by atoms with E-state index in [0.717, 1.165) is 70.8 Å². The average molecular weight is 447 g/mol. The zero-order chi connectivity index (χ0) is 22.5. The highest BCUT2D eigenvalue weighted by atomic mass is 15.0. The van der Waals surface area contributed by atoms with Crippen molar-refractivity contribution in [1.82, 2.24) is 30.6 Å². The Morgan fingerprint density at radius 3 is 2.15 bits per heavy atom. The molecule has 0 radical (unpaired) electrons. The van der Waals surface area contributed by atoms with Gasteiger partial charge in [0.2, 0.25) is 0 Å². The highest BCUT2D eigenvalue weighted by Crippen LogP contribution is 2.28. The first kappa shape index (κ1) is 19.8. The molecule has 7 rings (SSSR count). The van der Waals surface area contributed by atoms with Crippen molar-refractivity contribution in [2.45, 2.75) is 37.8 Å². The van der Waals surface area contributed by atoms with Crippen molar-refractivity contribution >= 4 is 32.8 Å². The summed E-state index contributed by atoms with van der Waals surface area (Å²) in [5.74, 6) is 8.76. The Morgan fingerprint density at radius 1 is 0.706 bits per heavy atom. The van der Waals surface area contributed by atoms with Crippen LogP contribution in [0.4, 0.5) is 0 Å². The maximum Gasteiger partial charge on any atom is 0.124 e. The van der Waals surface area contributed by atoms with Crippen LogP contribution in [0.25, 0.3) is 32.8 Å². The van der Waals surface area contributed by atoms with Gasteiger partial charge in [-0.3, -0.25) is 0 Å². The smallest absolute Gasteiger partial charge is 0.124 e. The topological polar surface area (TPSA) is 81.4 Å². The quantitative estimate of drug-likeness (QED) is 0.293. The highest BCUT2D eigenvalue weighted by molar-refractivity contribution is 6.04. The third-order valence-corrected chi connectivity index (χ3v) is 7.12. The van der Waals surface area contributed by atoms with E-state index in [-0.39, 0.29) is 0 Å². The summed E-state index contributed by atoms with van der Waals surface area (Å²) in [5, 5.41) is 9.39. The molecule has 2 aromatic heterocycles. The van der Waals surface area contributed by atoms with Crippen LogP contribution in [0.5, 0.6) is 0 Å². The van der Waals surface area contributed by atoms with E-state index in [1.165, 1.54) is 23.6 Å². The average Bonchev–Trinajstić information content (AvgIpc) is 3.67. The summed E-state index contributed by atoms with van der Waals surface area (Å²) in [6, 6.07) is 17.5. The predicted molar refractivity (Wildman–Crippen MR) is 136 cm³/mol. The zero-order valence-corrected chi connectivity index (χ0v) is 18.9. The molecule has 2 aliphatic heterocycles. The lowest BCUT2D eigenvalue weighted by molar-refractivity contribution is 0.614. The fraction of sp³-hybridized carbons (Fsp3) is 0.286. The van der Waals surface area contributed by atoms with Crippen molar-refractivity contribution in [2.75, 3.05) is 13.1 Å². The van der Waals surface area contributed by atoms with Crippen LogP contribution in [-0.2, 0) is 0 Å². The number of nitrogens with one attached hydrogen (secondary N) is 4. The van der Waals surface area contributed by atoms with Crippen LogP contribution in [-0.4, -0.2) is 33.0 Å². The predicted octanol–water partition coefficient (Wildman–Crippen LogP) is 4.84. The number of rotatable bonds is 2. The number of aromatic amines is 2. The normalized spacial score (nSPS) is 20.4. The summed E-state index contributed by atoms with van der Waals surface area (Å²) in [6.45, 7) is 2.13. The van der Waals surface area contributed by atoms with Gasteiger partial charge in [-0.25, -0.2) is 9.97 Å². The Labute approximate surface area is 197 Å². The summed E-state index contributed by atoms with van der Waals surface area (Å²) in [6.07, 6.45) is 4.68. The van der Waals surface area contributed by atoms with Crippen LogP contribution in [0.15, 0.2) is 48.5 Å². The second-order valence-corrected chi connectivity index (χ2v) is 9.42. The molecule has 3 aromatic carbocycles. The summed E-state index contributed by atoms with van der Waals surface area (Å²) in [4.78, 5) is 16.7. The van der Waals surface area contributed by atoms with Gasteiger partial charge in [0.05, 0.1) is 34.2 Å². The van der Waals surface area contributed by atoms with E-state index in [9.17, 15) is 0 Å². The van der Waals surface area contributed by atoms with Crippen LogP contribution in [0.1, 0.15) is 60.5 Å². The monoisotopic (exact) mass is 446 g/mol. The van der Waals surface area contributed by atoms with Gasteiger partial charge < -0.3 is 20.6 Å². The van der Waals surface area contributed by atoms with Crippen molar-refractivity contribution in [1.29, 1.82) is 0 Å². The summed E-state index contributed by atoms with van der Waals surface area (Å²) < 4.78 is 0. The van der Waals surface area contributed by atoms with Crippen molar-refractivity contribution in [3.05, 3.63) is 71.3 Å². The summed E-state index contributed by atoms with van der Waals surface area (Å²) in [5.41, 5.74) is 6.16. The number of imidazole rings is 2. The van der Waals surface area contributed by atoms with Gasteiger partial charge in [-0.15, -0.1) is 0 Å². The second kappa shape index (κ2) is 7.98. The van der Waals surface area contributed by atoms with E-state index < -0.39 is 0 Å². The maximum absolute atomic E-state index is 4.84. The van der Waals surface area contributed by atoms with E-state index in [1.807, 2.05) is 0 Å². The molecule has 2 atom stereocenters. The largest absolute Gasteiger partial charge is 0.341 e. The van der Waals surface area contributed by atoms with Gasteiger partial charge in [-0.05, 0) is 80.6 Å². The van der Waals surface area contributed by atoms with Crippen LogP contribution < -0.4 is 10.6 Å². The van der Waals surface area contributed by atoms with E-state index >= 15 is 0 Å². The third-order valence-electron chi connectivity index (χ3n) is 7.12. The molecule has 0 bridgehead atoms. The Bertz CT molecular complexity index is 1590. The first-order valence-electron chi connectivity index (χ1n) is 12.2. The molecule has 2 fully saturated rings. The lowest BCUT2D eigenvalue weighted by Gasteiger charge is -2.04. The minimum atomic E-state index is 0.338. The molecular formula is C28H26N6. The number of H-pyrrole nitrogens is 2. The van der Waals surface area contributed by atoms with Crippen molar-refractivity contribution < 1.29 is 0 Å². The summed E-state index contributed by atoms with van der Waals surface area (Å²) in [7, 11) is 0. The zero-order valence-electron chi connectivity index (χ0n) is 18.9. The van der Waals surface area contributed by atoms with Crippen LogP contribution in [0, 0.1) is 11.8 Å². The fourth-order valence-electron chi connectivity index (χ4n) is 5.32. The molecule has 0 aliphatic carbocycles. The molecule has 2 aliphatic rings. The standard InChI is InChI=1S/C28H26N6/c1-3-23(29-13-1)27-31-21-11-8-18(16-25(21)33-27)6-5-17-7-10-20-19(15-17)9-12-22-26(20)34-28(32-22)24-4-2-14-30-24/h7-12,15-16,23-24,29-30H,1-4,13-14H2,(H,31,33)(H,32,34)/t23-,24-/m0/s1. The molecule has 0 spiro atoms. The minimum Gasteiger partial charge on any atom is -0.341 e. The lowest BCUT2D eigenvalue weighted by atomic mass is 10.1. The van der Waals surface area contributed by atoms with E-state index in [4.69, 9.17) is 9.97 Å². The minimum absolute atomic E-state index is 0.338.